The number of hydrogen-bond donors (Lipinski definition) is 2. The predicted molar refractivity (Wildman–Crippen MR) is 103 cm³/mol. The number of ether oxygens (including phenoxy) is 2. The Kier molecular flexibility index (Phi) is 8.13. The monoisotopic (exact) mass is 356 g/mol. The molecule has 1 aliphatic heterocycles. The van der Waals surface area contributed by atoms with Crippen molar-refractivity contribution in [1.29, 1.82) is 0 Å². The highest BCUT2D eigenvalue weighted by atomic mass is 16.5. The van der Waals surface area contributed by atoms with Gasteiger partial charge in [0.1, 0.15) is 39.3 Å². The van der Waals surface area contributed by atoms with Gasteiger partial charge in [-0.1, -0.05) is 60.7 Å². The van der Waals surface area contributed by atoms with Gasteiger partial charge in [0.25, 0.3) is 0 Å². The number of hydrogen-bond acceptors (Lipinski definition) is 2. The highest BCUT2D eigenvalue weighted by Crippen LogP contribution is 2.00. The fourth-order valence-electron chi connectivity index (χ4n) is 3.42. The van der Waals surface area contributed by atoms with Gasteiger partial charge in [-0.05, 0) is 11.1 Å². The molecule has 1 aliphatic rings. The van der Waals surface area contributed by atoms with E-state index in [9.17, 15) is 0 Å². The van der Waals surface area contributed by atoms with Crippen LogP contribution in [0.3, 0.4) is 0 Å². The smallest absolute Gasteiger partial charge is 0.127 e. The van der Waals surface area contributed by atoms with Crippen LogP contribution in [0.2, 0.25) is 0 Å². The van der Waals surface area contributed by atoms with Crippen molar-refractivity contribution in [2.75, 3.05) is 52.5 Å². The van der Waals surface area contributed by atoms with Crippen molar-refractivity contribution in [2.45, 2.75) is 13.2 Å². The second-order valence-electron chi connectivity index (χ2n) is 7.08. The molecule has 0 saturated carbocycles. The number of rotatable bonds is 10. The van der Waals surface area contributed by atoms with Gasteiger partial charge in [-0.25, -0.2) is 0 Å². The molecule has 0 unspecified atom stereocenters. The van der Waals surface area contributed by atoms with E-state index in [2.05, 4.69) is 48.5 Å². The van der Waals surface area contributed by atoms with Gasteiger partial charge in [-0.3, -0.25) is 0 Å². The molecule has 0 atom stereocenters. The van der Waals surface area contributed by atoms with Gasteiger partial charge in [0.2, 0.25) is 0 Å². The first-order chi connectivity index (χ1) is 12.9. The summed E-state index contributed by atoms with van der Waals surface area (Å²) in [5, 5.41) is 0. The molecule has 140 valence electrons. The summed E-state index contributed by atoms with van der Waals surface area (Å²) in [5.74, 6) is 0. The molecule has 4 heteroatoms. The van der Waals surface area contributed by atoms with E-state index in [0.717, 1.165) is 39.5 Å². The molecule has 2 aromatic carbocycles. The lowest BCUT2D eigenvalue weighted by atomic mass is 10.2. The lowest BCUT2D eigenvalue weighted by Crippen LogP contribution is -3.28. The summed E-state index contributed by atoms with van der Waals surface area (Å²) in [6.45, 7) is 10.3. The maximum atomic E-state index is 5.82. The van der Waals surface area contributed by atoms with Crippen molar-refractivity contribution in [2.24, 2.45) is 0 Å². The van der Waals surface area contributed by atoms with E-state index in [-0.39, 0.29) is 0 Å². The normalized spacial score (nSPS) is 20.2. The zero-order chi connectivity index (χ0) is 17.9. The Morgan fingerprint density at radius 3 is 1.35 bits per heavy atom. The van der Waals surface area contributed by atoms with Gasteiger partial charge in [0.15, 0.2) is 0 Å². The van der Waals surface area contributed by atoms with E-state index in [1.807, 2.05) is 12.1 Å². The van der Waals surface area contributed by atoms with E-state index in [0.29, 0.717) is 0 Å². The minimum absolute atomic E-state index is 0.726. The fourth-order valence-corrected chi connectivity index (χ4v) is 3.42. The summed E-state index contributed by atoms with van der Waals surface area (Å²) >= 11 is 0. The first kappa shape index (κ1) is 19.1. The first-order valence-corrected chi connectivity index (χ1v) is 9.80. The maximum Gasteiger partial charge on any atom is 0.127 e. The van der Waals surface area contributed by atoms with Crippen LogP contribution in [0.5, 0.6) is 0 Å². The van der Waals surface area contributed by atoms with Gasteiger partial charge in [-0.2, -0.15) is 0 Å². The zero-order valence-electron chi connectivity index (χ0n) is 15.7. The standard InChI is InChI=1S/C22H30N2O2/c1-3-7-21(8-4-1)19-25-17-15-23-11-13-24(14-12-23)16-18-26-20-22-9-5-2-6-10-22/h1-10H,11-20H2/p+2. The zero-order valence-corrected chi connectivity index (χ0v) is 15.7. The fraction of sp³-hybridized carbons (Fsp3) is 0.455. The minimum atomic E-state index is 0.726. The SMILES string of the molecule is c1ccc(COCC[NH+]2CC[NH+](CCOCc3ccccc3)CC2)cc1. The molecule has 2 aromatic rings. The summed E-state index contributed by atoms with van der Waals surface area (Å²) in [5.41, 5.74) is 2.51. The summed E-state index contributed by atoms with van der Waals surface area (Å²) in [6, 6.07) is 20.8. The van der Waals surface area contributed by atoms with E-state index >= 15 is 0 Å². The molecule has 1 heterocycles. The third-order valence-corrected chi connectivity index (χ3v) is 5.09. The third kappa shape index (κ3) is 6.89. The Morgan fingerprint density at radius 1 is 0.577 bits per heavy atom. The highest BCUT2D eigenvalue weighted by Gasteiger charge is 2.22. The van der Waals surface area contributed by atoms with Crippen molar-refractivity contribution in [3.63, 3.8) is 0 Å². The van der Waals surface area contributed by atoms with E-state index in [4.69, 9.17) is 9.47 Å². The number of quaternary nitrogens is 2. The summed E-state index contributed by atoms with van der Waals surface area (Å²) in [6.07, 6.45) is 0. The highest BCUT2D eigenvalue weighted by molar-refractivity contribution is 5.14. The quantitative estimate of drug-likeness (QED) is 0.596. The first-order valence-electron chi connectivity index (χ1n) is 9.80. The predicted octanol–water partition coefficient (Wildman–Crippen LogP) is 0.203. The van der Waals surface area contributed by atoms with Crippen molar-refractivity contribution in [1.82, 2.24) is 0 Å². The van der Waals surface area contributed by atoms with E-state index in [1.165, 1.54) is 37.3 Å². The van der Waals surface area contributed by atoms with Gasteiger partial charge in [0.05, 0.1) is 26.4 Å². The Bertz CT molecular complexity index is 543. The molecule has 26 heavy (non-hydrogen) atoms. The van der Waals surface area contributed by atoms with Crippen LogP contribution in [0, 0.1) is 0 Å². The Morgan fingerprint density at radius 2 is 0.962 bits per heavy atom. The average Bonchev–Trinajstić information content (AvgIpc) is 2.71. The number of piperazine rings is 1. The van der Waals surface area contributed by atoms with Crippen LogP contribution >= 0.6 is 0 Å². The molecule has 3 rings (SSSR count). The van der Waals surface area contributed by atoms with E-state index < -0.39 is 0 Å². The second-order valence-corrected chi connectivity index (χ2v) is 7.08. The third-order valence-electron chi connectivity index (χ3n) is 5.09. The van der Waals surface area contributed by atoms with Crippen molar-refractivity contribution in [3.05, 3.63) is 71.8 Å². The number of benzene rings is 2. The molecule has 1 fully saturated rings. The molecule has 0 aliphatic carbocycles. The van der Waals surface area contributed by atoms with Crippen LogP contribution in [0.1, 0.15) is 11.1 Å². The lowest BCUT2D eigenvalue weighted by Gasteiger charge is -2.29. The average molecular weight is 357 g/mol. The Hall–Kier alpha value is -1.72. The van der Waals surface area contributed by atoms with Crippen LogP contribution < -0.4 is 9.80 Å². The summed E-state index contributed by atoms with van der Waals surface area (Å²) < 4.78 is 11.6. The van der Waals surface area contributed by atoms with Crippen LogP contribution in [0.15, 0.2) is 60.7 Å². The second kappa shape index (κ2) is 11.1. The van der Waals surface area contributed by atoms with Crippen molar-refractivity contribution < 1.29 is 19.3 Å². The topological polar surface area (TPSA) is 27.3 Å². The van der Waals surface area contributed by atoms with Crippen LogP contribution in [0.4, 0.5) is 0 Å². The number of nitrogens with one attached hydrogen (secondary N) is 2. The Labute approximate surface area is 157 Å². The summed E-state index contributed by atoms with van der Waals surface area (Å²) in [7, 11) is 0. The Balaban J connectivity index is 1.20. The lowest BCUT2D eigenvalue weighted by molar-refractivity contribution is -1.01. The van der Waals surface area contributed by atoms with Crippen molar-refractivity contribution in [3.8, 4) is 0 Å². The molecule has 0 spiro atoms. The maximum absolute atomic E-state index is 5.82. The van der Waals surface area contributed by atoms with Gasteiger partial charge in [-0.15, -0.1) is 0 Å². The molecule has 1 saturated heterocycles. The molecule has 0 radical (unpaired) electrons. The molecule has 0 bridgehead atoms. The van der Waals surface area contributed by atoms with Crippen LogP contribution in [0.25, 0.3) is 0 Å². The molecule has 2 N–H and O–H groups in total. The molecule has 0 aromatic heterocycles. The molecule has 0 amide bonds. The van der Waals surface area contributed by atoms with Gasteiger partial charge < -0.3 is 19.3 Å². The van der Waals surface area contributed by atoms with Gasteiger partial charge >= 0.3 is 0 Å². The summed E-state index contributed by atoms with van der Waals surface area (Å²) in [4.78, 5) is 3.35. The minimum Gasteiger partial charge on any atom is -0.371 e. The molecular formula is C22H32N2O2+2. The van der Waals surface area contributed by atoms with Crippen LogP contribution in [-0.2, 0) is 22.7 Å². The largest absolute Gasteiger partial charge is 0.371 e. The van der Waals surface area contributed by atoms with E-state index in [1.54, 1.807) is 9.80 Å². The molecular weight excluding hydrogens is 324 g/mol. The van der Waals surface area contributed by atoms with Crippen molar-refractivity contribution >= 4 is 0 Å². The van der Waals surface area contributed by atoms with Gasteiger partial charge in [0, 0.05) is 0 Å². The van der Waals surface area contributed by atoms with Crippen LogP contribution in [-0.4, -0.2) is 52.5 Å². The molecule has 4 nitrogen and oxygen atoms in total.